The molecule has 0 unspecified atom stereocenters. The molecule has 0 atom stereocenters. The predicted molar refractivity (Wildman–Crippen MR) is 59.8 cm³/mol. The van der Waals surface area contributed by atoms with Gasteiger partial charge in [-0.15, -0.1) is 0 Å². The molecule has 0 N–H and O–H groups in total. The Labute approximate surface area is 102 Å². The maximum absolute atomic E-state index is 13.0. The minimum Gasteiger partial charge on any atom is -0.364 e. The topological polar surface area (TPSA) is 27.0 Å². The molecule has 6 heteroatoms. The molecule has 1 rings (SSSR count). The van der Waals surface area contributed by atoms with Crippen LogP contribution in [0.3, 0.4) is 0 Å². The van der Waals surface area contributed by atoms with Crippen molar-refractivity contribution in [1.29, 1.82) is 5.26 Å². The number of benzene rings is 1. The summed E-state index contributed by atoms with van der Waals surface area (Å²) in [6.45, 7) is -1.11. The molecule has 0 radical (unpaired) electrons. The SMILES string of the molecule is N#CCCN(CC(F)(F)C(F)F)c1ccccc1. The molecule has 0 aliphatic heterocycles. The average Bonchev–Trinajstić information content (AvgIpc) is 2.35. The van der Waals surface area contributed by atoms with E-state index in [2.05, 4.69) is 0 Å². The molecule has 0 saturated carbocycles. The number of anilines is 1. The van der Waals surface area contributed by atoms with Gasteiger partial charge in [-0.2, -0.15) is 14.0 Å². The number of halogens is 4. The molecule has 1 aromatic carbocycles. The van der Waals surface area contributed by atoms with Crippen molar-refractivity contribution >= 4 is 5.69 Å². The van der Waals surface area contributed by atoms with E-state index >= 15 is 0 Å². The molecular formula is C12H12F4N2. The van der Waals surface area contributed by atoms with Crippen LogP contribution in [0.2, 0.25) is 0 Å². The Morgan fingerprint density at radius 1 is 1.22 bits per heavy atom. The van der Waals surface area contributed by atoms with Gasteiger partial charge in [0.15, 0.2) is 0 Å². The zero-order chi connectivity index (χ0) is 13.6. The van der Waals surface area contributed by atoms with Crippen LogP contribution in [0.1, 0.15) is 6.42 Å². The van der Waals surface area contributed by atoms with E-state index in [1.165, 1.54) is 0 Å². The van der Waals surface area contributed by atoms with Gasteiger partial charge in [0.25, 0.3) is 0 Å². The van der Waals surface area contributed by atoms with E-state index < -0.39 is 18.9 Å². The smallest absolute Gasteiger partial charge is 0.324 e. The van der Waals surface area contributed by atoms with Crippen molar-refractivity contribution in [3.05, 3.63) is 30.3 Å². The highest BCUT2D eigenvalue weighted by Gasteiger charge is 2.42. The summed E-state index contributed by atoms with van der Waals surface area (Å²) in [6.07, 6.45) is -3.72. The molecule has 0 fully saturated rings. The maximum atomic E-state index is 13.0. The predicted octanol–water partition coefficient (Wildman–Crippen LogP) is 3.31. The molecule has 0 aromatic heterocycles. The van der Waals surface area contributed by atoms with Crippen LogP contribution in [0.15, 0.2) is 30.3 Å². The summed E-state index contributed by atoms with van der Waals surface area (Å²) < 4.78 is 50.4. The Balaban J connectivity index is 2.83. The quantitative estimate of drug-likeness (QED) is 0.734. The molecule has 2 nitrogen and oxygen atoms in total. The molecule has 0 amide bonds. The van der Waals surface area contributed by atoms with Gasteiger partial charge >= 0.3 is 12.3 Å². The zero-order valence-electron chi connectivity index (χ0n) is 9.49. The van der Waals surface area contributed by atoms with Gasteiger partial charge in [0.05, 0.1) is 19.0 Å². The van der Waals surface area contributed by atoms with Gasteiger partial charge in [-0.05, 0) is 12.1 Å². The summed E-state index contributed by atoms with van der Waals surface area (Å²) in [5.41, 5.74) is 0.396. The first-order chi connectivity index (χ1) is 8.47. The fraction of sp³-hybridized carbons (Fsp3) is 0.417. The average molecular weight is 260 g/mol. The summed E-state index contributed by atoms with van der Waals surface area (Å²) in [5.74, 6) is -4.09. The second-order valence-corrected chi connectivity index (χ2v) is 3.73. The van der Waals surface area contributed by atoms with Crippen LogP contribution >= 0.6 is 0 Å². The van der Waals surface area contributed by atoms with Gasteiger partial charge in [0.1, 0.15) is 0 Å². The highest BCUT2D eigenvalue weighted by molar-refractivity contribution is 5.46. The van der Waals surface area contributed by atoms with E-state index in [0.717, 1.165) is 4.90 Å². The minimum atomic E-state index is -4.09. The van der Waals surface area contributed by atoms with Gasteiger partial charge in [0, 0.05) is 12.2 Å². The minimum absolute atomic E-state index is 0.00574. The molecule has 0 heterocycles. The number of nitriles is 1. The van der Waals surface area contributed by atoms with E-state index in [9.17, 15) is 17.6 Å². The molecule has 0 aliphatic rings. The van der Waals surface area contributed by atoms with Crippen LogP contribution in [-0.4, -0.2) is 25.4 Å². The van der Waals surface area contributed by atoms with Gasteiger partial charge in [-0.1, -0.05) is 18.2 Å². The third-order valence-electron chi connectivity index (χ3n) is 2.34. The Bertz CT molecular complexity index is 400. The first-order valence-corrected chi connectivity index (χ1v) is 5.30. The van der Waals surface area contributed by atoms with Crippen molar-refractivity contribution in [3.8, 4) is 6.07 Å². The zero-order valence-corrected chi connectivity index (χ0v) is 9.49. The van der Waals surface area contributed by atoms with Crippen LogP contribution in [0.5, 0.6) is 0 Å². The van der Waals surface area contributed by atoms with Crippen LogP contribution in [0.4, 0.5) is 23.2 Å². The molecule has 0 aliphatic carbocycles. The standard InChI is InChI=1S/C12H12F4N2/c13-11(14)12(15,16)9-18(8-4-7-17)10-5-2-1-3-6-10/h1-3,5-6,11H,4,8-9H2. The van der Waals surface area contributed by atoms with Crippen molar-refractivity contribution in [2.75, 3.05) is 18.0 Å². The lowest BCUT2D eigenvalue weighted by atomic mass is 10.2. The van der Waals surface area contributed by atoms with Gasteiger partial charge in [-0.25, -0.2) is 8.78 Å². The van der Waals surface area contributed by atoms with Crippen molar-refractivity contribution < 1.29 is 17.6 Å². The highest BCUT2D eigenvalue weighted by Crippen LogP contribution is 2.26. The number of hydrogen-bond acceptors (Lipinski definition) is 2. The van der Waals surface area contributed by atoms with Crippen molar-refractivity contribution in [2.24, 2.45) is 0 Å². The molecule has 0 saturated heterocycles. The van der Waals surface area contributed by atoms with Crippen molar-refractivity contribution in [2.45, 2.75) is 18.8 Å². The van der Waals surface area contributed by atoms with E-state index in [1.54, 1.807) is 30.3 Å². The number of rotatable bonds is 6. The monoisotopic (exact) mass is 260 g/mol. The molecule has 1 aromatic rings. The van der Waals surface area contributed by atoms with Crippen LogP contribution < -0.4 is 4.90 Å². The lowest BCUT2D eigenvalue weighted by Gasteiger charge is -2.28. The second kappa shape index (κ2) is 6.24. The second-order valence-electron chi connectivity index (χ2n) is 3.73. The number of nitrogens with zero attached hydrogens (tertiary/aromatic N) is 2. The Morgan fingerprint density at radius 2 is 1.83 bits per heavy atom. The van der Waals surface area contributed by atoms with Crippen LogP contribution in [0.25, 0.3) is 0 Å². The molecule has 98 valence electrons. The molecule has 18 heavy (non-hydrogen) atoms. The number of para-hydroxylation sites is 1. The molecule has 0 spiro atoms. The Hall–Kier alpha value is -1.77. The first-order valence-electron chi connectivity index (χ1n) is 5.30. The summed E-state index contributed by atoms with van der Waals surface area (Å²) in [5, 5.41) is 8.46. The van der Waals surface area contributed by atoms with Crippen molar-refractivity contribution in [3.63, 3.8) is 0 Å². The summed E-state index contributed by atoms with van der Waals surface area (Å²) in [7, 11) is 0. The van der Waals surface area contributed by atoms with Gasteiger partial charge in [0.2, 0.25) is 0 Å². The molecular weight excluding hydrogens is 248 g/mol. The normalized spacial score (nSPS) is 11.3. The fourth-order valence-electron chi connectivity index (χ4n) is 1.45. The summed E-state index contributed by atoms with van der Waals surface area (Å²) in [4.78, 5) is 1.09. The van der Waals surface area contributed by atoms with Crippen LogP contribution in [-0.2, 0) is 0 Å². The largest absolute Gasteiger partial charge is 0.364 e. The molecule has 0 bridgehead atoms. The lowest BCUT2D eigenvalue weighted by molar-refractivity contribution is -0.121. The summed E-state index contributed by atoms with van der Waals surface area (Å²) >= 11 is 0. The van der Waals surface area contributed by atoms with Crippen molar-refractivity contribution in [1.82, 2.24) is 0 Å². The van der Waals surface area contributed by atoms with E-state index in [4.69, 9.17) is 5.26 Å². The highest BCUT2D eigenvalue weighted by atomic mass is 19.3. The van der Waals surface area contributed by atoms with Gasteiger partial charge < -0.3 is 4.90 Å². The third-order valence-corrected chi connectivity index (χ3v) is 2.34. The first kappa shape index (κ1) is 14.3. The van der Waals surface area contributed by atoms with E-state index in [-0.39, 0.29) is 13.0 Å². The third kappa shape index (κ3) is 3.91. The Kier molecular flexibility index (Phi) is 4.95. The Morgan fingerprint density at radius 3 is 2.33 bits per heavy atom. The lowest BCUT2D eigenvalue weighted by Crippen LogP contribution is -2.42. The fourth-order valence-corrected chi connectivity index (χ4v) is 1.45. The van der Waals surface area contributed by atoms with Gasteiger partial charge in [-0.3, -0.25) is 0 Å². The van der Waals surface area contributed by atoms with E-state index in [0.29, 0.717) is 5.69 Å². The van der Waals surface area contributed by atoms with Crippen LogP contribution in [0, 0.1) is 11.3 Å². The summed E-state index contributed by atoms with van der Waals surface area (Å²) in [6, 6.07) is 9.82. The maximum Gasteiger partial charge on any atom is 0.324 e. The van der Waals surface area contributed by atoms with E-state index in [1.807, 2.05) is 6.07 Å². The number of hydrogen-bond donors (Lipinski definition) is 0. The number of alkyl halides is 4.